The Balaban J connectivity index is 0.779. The van der Waals surface area contributed by atoms with E-state index in [2.05, 4.69) is 47.5 Å². The van der Waals surface area contributed by atoms with Gasteiger partial charge >= 0.3 is 0 Å². The number of aliphatic hydroxyl groups is 1. The SMILES string of the molecule is [2H]C([2H])([2H])n1cc(-c2ccnc(N3CCc4c(sc5c4CCCC5)C3=O)c2CO)cc(Nc2ccc(N3CCN(C4CCN(c5ccc(C(=O)NC6CCC(=O)NC6=O)cc5)CC4)C[C@@H]3C)cn2)c1=O. The lowest BCUT2D eigenvalue weighted by Crippen LogP contribution is -2.57. The maximum Gasteiger partial charge on any atom is 0.274 e. The Hall–Kier alpha value is -6.43. The van der Waals surface area contributed by atoms with E-state index in [4.69, 9.17) is 4.11 Å². The number of hydrogen-bond donors (Lipinski definition) is 4. The number of fused-ring (bicyclic) bond motifs is 3. The van der Waals surface area contributed by atoms with E-state index in [-0.39, 0.29) is 42.3 Å². The molecular formula is C50H56N10O6S. The second kappa shape index (κ2) is 18.7. The van der Waals surface area contributed by atoms with Gasteiger partial charge in [-0.1, -0.05) is 0 Å². The minimum atomic E-state index is -2.82. The monoisotopic (exact) mass is 927 g/mol. The summed E-state index contributed by atoms with van der Waals surface area (Å²) in [5, 5.41) is 18.9. The van der Waals surface area contributed by atoms with Gasteiger partial charge in [-0.2, -0.15) is 0 Å². The van der Waals surface area contributed by atoms with Crippen LogP contribution in [0, 0.1) is 0 Å². The van der Waals surface area contributed by atoms with Gasteiger partial charge in [0, 0.05) is 109 Å². The summed E-state index contributed by atoms with van der Waals surface area (Å²) in [6.45, 7) is 3.61. The van der Waals surface area contributed by atoms with Crippen LogP contribution in [-0.4, -0.2) is 106 Å². The normalized spacial score (nSPS) is 21.2. The number of hydrogen-bond acceptors (Lipinski definition) is 13. The molecule has 348 valence electrons. The first-order valence-electron chi connectivity index (χ1n) is 24.8. The molecule has 1 aromatic carbocycles. The van der Waals surface area contributed by atoms with Crippen LogP contribution in [0.25, 0.3) is 11.1 Å². The molecule has 5 aliphatic rings. The summed E-state index contributed by atoms with van der Waals surface area (Å²) in [7, 11) is 0. The van der Waals surface area contributed by atoms with Crippen LogP contribution in [-0.2, 0) is 42.4 Å². The van der Waals surface area contributed by atoms with Crippen molar-refractivity contribution < 1.29 is 28.4 Å². The second-order valence-electron chi connectivity index (χ2n) is 18.2. The topological polar surface area (TPSA) is 185 Å². The molecule has 16 nitrogen and oxygen atoms in total. The zero-order valence-corrected chi connectivity index (χ0v) is 38.2. The molecule has 4 N–H and O–H groups in total. The Morgan fingerprint density at radius 1 is 0.910 bits per heavy atom. The molecule has 3 saturated heterocycles. The van der Waals surface area contributed by atoms with Gasteiger partial charge in [-0.15, -0.1) is 11.3 Å². The zero-order valence-electron chi connectivity index (χ0n) is 40.4. The molecule has 8 heterocycles. The van der Waals surface area contributed by atoms with Crippen molar-refractivity contribution in [3.8, 4) is 11.1 Å². The number of piperidine rings is 2. The van der Waals surface area contributed by atoms with Crippen LogP contribution < -0.4 is 36.2 Å². The van der Waals surface area contributed by atoms with Crippen LogP contribution in [0.3, 0.4) is 0 Å². The van der Waals surface area contributed by atoms with E-state index in [9.17, 15) is 29.1 Å². The van der Waals surface area contributed by atoms with E-state index in [1.54, 1.807) is 52.8 Å². The van der Waals surface area contributed by atoms with Crippen molar-refractivity contribution in [2.45, 2.75) is 89.4 Å². The molecule has 10 rings (SSSR count). The standard InChI is InChI=1S/C50H56N10O6S/c1-30-27-58(34-16-20-57(21-17-34)33-9-7-31(8-10-33)47(63)54-40-12-14-44(62)55-48(40)64)23-24-59(30)35-11-13-43(52-26-35)53-41-25-32(28-56(2)49(41)65)36-15-19-51-46(39(36)29-61)60-22-18-38-37-5-3-4-6-42(37)67-45(38)50(60)66/h7-11,13,15,19,25-26,28,30,34,40,61H,3-6,12,14,16-18,20-24,27,29H2,1-2H3,(H,52,53)(H,54,63)(H,55,62,64)/t30-,40?/m0/s1/i2D3. The molecule has 4 aliphatic heterocycles. The first-order chi connectivity index (χ1) is 33.7. The smallest absolute Gasteiger partial charge is 0.274 e. The Labute approximate surface area is 397 Å². The van der Waals surface area contributed by atoms with Gasteiger partial charge in [-0.05, 0) is 124 Å². The predicted octanol–water partition coefficient (Wildman–Crippen LogP) is 4.94. The highest BCUT2D eigenvalue weighted by atomic mass is 32.1. The van der Waals surface area contributed by atoms with Crippen molar-refractivity contribution in [2.24, 2.45) is 6.98 Å². The highest BCUT2D eigenvalue weighted by Crippen LogP contribution is 2.40. The molecule has 1 unspecified atom stereocenters. The van der Waals surface area contributed by atoms with Crippen molar-refractivity contribution in [1.82, 2.24) is 30.1 Å². The van der Waals surface area contributed by atoms with E-state index in [0.717, 1.165) is 93.1 Å². The number of carbonyl (C=O) groups excluding carboxylic acids is 4. The Bertz CT molecular complexity index is 2900. The van der Waals surface area contributed by atoms with Gasteiger partial charge in [0.25, 0.3) is 17.4 Å². The number of nitrogens with one attached hydrogen (secondary N) is 3. The fraction of sp³-hybridized carbons (Fsp3) is 0.420. The first kappa shape index (κ1) is 40.8. The molecule has 2 atom stereocenters. The average Bonchev–Trinajstić information content (AvgIpc) is 3.75. The van der Waals surface area contributed by atoms with E-state index in [0.29, 0.717) is 57.5 Å². The third-order valence-corrected chi connectivity index (χ3v) is 15.4. The fourth-order valence-electron chi connectivity index (χ4n) is 10.5. The summed E-state index contributed by atoms with van der Waals surface area (Å²) < 4.78 is 25.4. The number of carbonyl (C=O) groups is 4. The Morgan fingerprint density at radius 2 is 1.72 bits per heavy atom. The quantitative estimate of drug-likeness (QED) is 0.139. The lowest BCUT2D eigenvalue weighted by Gasteiger charge is -2.46. The molecule has 4 amide bonds. The number of nitrogens with zero attached hydrogens (tertiary/aromatic N) is 7. The van der Waals surface area contributed by atoms with Gasteiger partial charge in [0.15, 0.2) is 0 Å². The fourth-order valence-corrected chi connectivity index (χ4v) is 11.9. The summed E-state index contributed by atoms with van der Waals surface area (Å²) in [5.74, 6) is -0.647. The van der Waals surface area contributed by atoms with Gasteiger partial charge in [0.05, 0.1) is 23.4 Å². The highest BCUT2D eigenvalue weighted by Gasteiger charge is 2.35. The number of imide groups is 1. The van der Waals surface area contributed by atoms with Gasteiger partial charge in [-0.25, -0.2) is 9.97 Å². The van der Waals surface area contributed by atoms with Crippen molar-refractivity contribution >= 4 is 63.7 Å². The number of pyridine rings is 3. The molecule has 4 aromatic heterocycles. The summed E-state index contributed by atoms with van der Waals surface area (Å²) in [4.78, 5) is 84.3. The predicted molar refractivity (Wildman–Crippen MR) is 258 cm³/mol. The molecule has 0 saturated carbocycles. The molecule has 0 bridgehead atoms. The number of aromatic nitrogens is 3. The summed E-state index contributed by atoms with van der Waals surface area (Å²) in [5.41, 5.74) is 5.24. The number of benzene rings is 1. The minimum Gasteiger partial charge on any atom is -0.392 e. The largest absolute Gasteiger partial charge is 0.392 e. The molecule has 0 radical (unpaired) electrons. The highest BCUT2D eigenvalue weighted by molar-refractivity contribution is 7.14. The third-order valence-electron chi connectivity index (χ3n) is 14.1. The summed E-state index contributed by atoms with van der Waals surface area (Å²) >= 11 is 1.56. The molecule has 67 heavy (non-hydrogen) atoms. The molecule has 1 aliphatic carbocycles. The Kier molecular flexibility index (Phi) is 11.4. The van der Waals surface area contributed by atoms with Crippen molar-refractivity contribution in [2.75, 3.05) is 59.3 Å². The van der Waals surface area contributed by atoms with Crippen molar-refractivity contribution in [3.63, 3.8) is 0 Å². The van der Waals surface area contributed by atoms with E-state index in [1.807, 2.05) is 18.2 Å². The molecule has 17 heteroatoms. The number of aliphatic hydroxyl groups excluding tert-OH is 1. The number of amides is 4. The van der Waals surface area contributed by atoms with Crippen LogP contribution in [0.1, 0.15) is 91.2 Å². The minimum absolute atomic E-state index is 0.0153. The maximum atomic E-state index is 14.0. The Morgan fingerprint density at radius 3 is 2.46 bits per heavy atom. The summed E-state index contributed by atoms with van der Waals surface area (Å²) in [6.07, 6.45) is 11.9. The first-order valence-corrected chi connectivity index (χ1v) is 24.1. The number of thiophene rings is 1. The molecule has 3 fully saturated rings. The van der Waals surface area contributed by atoms with E-state index < -0.39 is 31.1 Å². The van der Waals surface area contributed by atoms with Gasteiger partial charge in [0.1, 0.15) is 23.4 Å². The molecule has 5 aromatic rings. The zero-order chi connectivity index (χ0) is 48.8. The van der Waals surface area contributed by atoms with Crippen LogP contribution >= 0.6 is 11.3 Å². The van der Waals surface area contributed by atoms with Gasteiger partial charge in [-0.3, -0.25) is 39.1 Å². The van der Waals surface area contributed by atoms with Crippen LogP contribution in [0.15, 0.2) is 71.9 Å². The van der Waals surface area contributed by atoms with Crippen LogP contribution in [0.4, 0.5) is 28.7 Å². The van der Waals surface area contributed by atoms with E-state index in [1.165, 1.54) is 22.8 Å². The lowest BCUT2D eigenvalue weighted by atomic mass is 9.92. The van der Waals surface area contributed by atoms with Crippen LogP contribution in [0.5, 0.6) is 0 Å². The third kappa shape index (κ3) is 8.83. The second-order valence-corrected chi connectivity index (χ2v) is 19.3. The lowest BCUT2D eigenvalue weighted by molar-refractivity contribution is -0.134. The van der Waals surface area contributed by atoms with Gasteiger partial charge < -0.3 is 30.1 Å². The number of anilines is 5. The van der Waals surface area contributed by atoms with E-state index >= 15 is 0 Å². The number of piperazine rings is 1. The van der Waals surface area contributed by atoms with Crippen LogP contribution in [0.2, 0.25) is 0 Å². The molecular weight excluding hydrogens is 869 g/mol. The van der Waals surface area contributed by atoms with Gasteiger partial charge in [0.2, 0.25) is 11.8 Å². The van der Waals surface area contributed by atoms with Crippen molar-refractivity contribution in [3.05, 3.63) is 109 Å². The number of aryl methyl sites for hydroxylation is 2. The molecule has 0 spiro atoms. The average molecular weight is 928 g/mol. The maximum absolute atomic E-state index is 14.0. The van der Waals surface area contributed by atoms with Crippen molar-refractivity contribution in [1.29, 1.82) is 0 Å². The number of rotatable bonds is 10. The summed E-state index contributed by atoms with van der Waals surface area (Å²) in [6, 6.07) is 14.2.